The maximum absolute atomic E-state index is 12.2. The van der Waals surface area contributed by atoms with Gasteiger partial charge in [-0.2, -0.15) is 15.5 Å². The SMILES string of the molecule is CC[C@@H]1CN(C(=O)CC#N)CC[C@H]1Nc1c(C(N)=O)cnn2cc(-c3cnn(CC)c3)cc12. The van der Waals surface area contributed by atoms with Gasteiger partial charge in [0, 0.05) is 49.2 Å². The van der Waals surface area contributed by atoms with Crippen LogP contribution in [0.15, 0.2) is 30.9 Å². The van der Waals surface area contributed by atoms with E-state index in [0.717, 1.165) is 29.6 Å². The molecule has 0 aliphatic carbocycles. The fourth-order valence-corrected chi connectivity index (χ4v) is 4.47. The number of rotatable bonds is 7. The van der Waals surface area contributed by atoms with Crippen molar-refractivity contribution in [2.75, 3.05) is 18.4 Å². The van der Waals surface area contributed by atoms with E-state index in [1.807, 2.05) is 42.3 Å². The first-order valence-electron chi connectivity index (χ1n) is 11.2. The van der Waals surface area contributed by atoms with Crippen LogP contribution < -0.4 is 11.1 Å². The van der Waals surface area contributed by atoms with Gasteiger partial charge in [-0.25, -0.2) is 4.52 Å². The lowest BCUT2D eigenvalue weighted by Gasteiger charge is -2.39. The van der Waals surface area contributed by atoms with Crippen molar-refractivity contribution in [2.24, 2.45) is 11.7 Å². The molecule has 0 spiro atoms. The van der Waals surface area contributed by atoms with Crippen molar-refractivity contribution in [2.45, 2.75) is 45.7 Å². The number of hydrogen-bond acceptors (Lipinski definition) is 6. The number of anilines is 1. The van der Waals surface area contributed by atoms with Gasteiger partial charge >= 0.3 is 0 Å². The van der Waals surface area contributed by atoms with Crippen LogP contribution in [-0.4, -0.2) is 55.2 Å². The summed E-state index contributed by atoms with van der Waals surface area (Å²) in [5, 5.41) is 21.1. The largest absolute Gasteiger partial charge is 0.379 e. The van der Waals surface area contributed by atoms with Crippen LogP contribution in [-0.2, 0) is 11.3 Å². The second kappa shape index (κ2) is 9.32. The molecule has 1 saturated heterocycles. The van der Waals surface area contributed by atoms with Crippen molar-refractivity contribution in [3.63, 3.8) is 0 Å². The van der Waals surface area contributed by atoms with Gasteiger partial charge in [-0.1, -0.05) is 6.92 Å². The van der Waals surface area contributed by atoms with E-state index < -0.39 is 5.91 Å². The zero-order valence-electron chi connectivity index (χ0n) is 18.9. The number of hydrogen-bond donors (Lipinski definition) is 2. The van der Waals surface area contributed by atoms with Crippen molar-refractivity contribution >= 4 is 23.0 Å². The zero-order valence-corrected chi connectivity index (χ0v) is 18.9. The molecule has 1 fully saturated rings. The quantitative estimate of drug-likeness (QED) is 0.569. The Balaban J connectivity index is 1.67. The van der Waals surface area contributed by atoms with E-state index in [-0.39, 0.29) is 24.3 Å². The lowest BCUT2D eigenvalue weighted by atomic mass is 9.89. The number of fused-ring (bicyclic) bond motifs is 1. The summed E-state index contributed by atoms with van der Waals surface area (Å²) >= 11 is 0. The number of primary amides is 1. The molecule has 33 heavy (non-hydrogen) atoms. The third-order valence-electron chi connectivity index (χ3n) is 6.36. The minimum absolute atomic E-state index is 0.0478. The van der Waals surface area contributed by atoms with Gasteiger partial charge in [0.05, 0.1) is 35.2 Å². The third kappa shape index (κ3) is 4.39. The predicted octanol–water partition coefficient (Wildman–Crippen LogP) is 2.27. The summed E-state index contributed by atoms with van der Waals surface area (Å²) < 4.78 is 3.59. The van der Waals surface area contributed by atoms with Crippen LogP contribution >= 0.6 is 0 Å². The van der Waals surface area contributed by atoms with Gasteiger partial charge in [0.25, 0.3) is 5.91 Å². The summed E-state index contributed by atoms with van der Waals surface area (Å²) in [6.45, 7) is 6.02. The van der Waals surface area contributed by atoms with E-state index in [0.29, 0.717) is 30.8 Å². The molecule has 0 radical (unpaired) electrons. The average molecular weight is 449 g/mol. The van der Waals surface area contributed by atoms with Crippen LogP contribution in [0.1, 0.15) is 43.5 Å². The lowest BCUT2D eigenvalue weighted by molar-refractivity contribution is -0.132. The van der Waals surface area contributed by atoms with Gasteiger partial charge in [-0.15, -0.1) is 0 Å². The number of nitrogens with one attached hydrogen (secondary N) is 1. The van der Waals surface area contributed by atoms with Crippen LogP contribution in [0.2, 0.25) is 0 Å². The minimum atomic E-state index is -0.552. The Morgan fingerprint density at radius 3 is 2.73 bits per heavy atom. The number of nitrogens with zero attached hydrogens (tertiary/aromatic N) is 6. The molecule has 2 atom stereocenters. The molecule has 0 aromatic carbocycles. The number of piperidine rings is 1. The zero-order chi connectivity index (χ0) is 23.5. The molecule has 10 heteroatoms. The second-order valence-corrected chi connectivity index (χ2v) is 8.32. The summed E-state index contributed by atoms with van der Waals surface area (Å²) in [4.78, 5) is 26.2. The van der Waals surface area contributed by atoms with Crippen molar-refractivity contribution in [3.05, 3.63) is 36.4 Å². The highest BCUT2D eigenvalue weighted by molar-refractivity contribution is 6.02. The normalized spacial score (nSPS) is 18.3. The maximum atomic E-state index is 12.2. The van der Waals surface area contributed by atoms with Crippen LogP contribution in [0.3, 0.4) is 0 Å². The van der Waals surface area contributed by atoms with Crippen LogP contribution in [0.25, 0.3) is 16.6 Å². The number of aromatic nitrogens is 4. The Bertz CT molecular complexity index is 1220. The maximum Gasteiger partial charge on any atom is 0.252 e. The predicted molar refractivity (Wildman–Crippen MR) is 123 cm³/mol. The minimum Gasteiger partial charge on any atom is -0.379 e. The molecule has 1 aliphatic rings. The molecule has 4 heterocycles. The Kier molecular flexibility index (Phi) is 6.31. The Morgan fingerprint density at radius 1 is 1.24 bits per heavy atom. The van der Waals surface area contributed by atoms with Crippen LogP contribution in [0.4, 0.5) is 5.69 Å². The van der Waals surface area contributed by atoms with Crippen molar-refractivity contribution in [3.8, 4) is 17.2 Å². The number of carbonyl (C=O) groups excluding carboxylic acids is 2. The molecule has 0 unspecified atom stereocenters. The fraction of sp³-hybridized carbons (Fsp3) is 0.435. The first kappa shape index (κ1) is 22.3. The van der Waals surface area contributed by atoms with Crippen LogP contribution in [0.5, 0.6) is 0 Å². The summed E-state index contributed by atoms with van der Waals surface area (Å²) in [5.41, 5.74) is 9.32. The number of nitrogens with two attached hydrogens (primary N) is 1. The molecule has 3 aromatic heterocycles. The summed E-state index contributed by atoms with van der Waals surface area (Å²) in [5.74, 6) is -0.515. The Hall–Kier alpha value is -3.87. The molecule has 10 nitrogen and oxygen atoms in total. The van der Waals surface area contributed by atoms with E-state index in [9.17, 15) is 9.59 Å². The number of amides is 2. The number of nitriles is 1. The Labute approximate surface area is 192 Å². The van der Waals surface area contributed by atoms with Crippen molar-refractivity contribution in [1.29, 1.82) is 5.26 Å². The topological polar surface area (TPSA) is 134 Å². The van der Waals surface area contributed by atoms with Crippen molar-refractivity contribution < 1.29 is 9.59 Å². The van der Waals surface area contributed by atoms with E-state index in [1.54, 1.807) is 9.42 Å². The van der Waals surface area contributed by atoms with E-state index in [4.69, 9.17) is 11.0 Å². The summed E-state index contributed by atoms with van der Waals surface area (Å²) in [7, 11) is 0. The second-order valence-electron chi connectivity index (χ2n) is 8.32. The van der Waals surface area contributed by atoms with Gasteiger partial charge in [-0.05, 0) is 31.7 Å². The molecular weight excluding hydrogens is 420 g/mol. The Morgan fingerprint density at radius 2 is 2.06 bits per heavy atom. The molecule has 0 saturated carbocycles. The smallest absolute Gasteiger partial charge is 0.252 e. The van der Waals surface area contributed by atoms with Crippen LogP contribution in [0, 0.1) is 17.2 Å². The molecular formula is C23H28N8O2. The summed E-state index contributed by atoms with van der Waals surface area (Å²) in [6, 6.07) is 3.96. The standard InChI is InChI=1S/C23H28N8O2/c1-3-15-12-29(21(32)5-7-24)8-6-19(15)28-22-18(23(25)33)11-27-31-14-16(9-20(22)31)17-10-26-30(4-2)13-17/h9-11,13-15,19,28H,3-6,8,12H2,1-2H3,(H2,25,33)/t15-,19-/m1/s1. The van der Waals surface area contributed by atoms with Gasteiger partial charge in [0.1, 0.15) is 6.42 Å². The molecule has 3 N–H and O–H groups in total. The molecule has 2 amide bonds. The van der Waals surface area contributed by atoms with E-state index >= 15 is 0 Å². The van der Waals surface area contributed by atoms with Gasteiger partial charge in [0.15, 0.2) is 0 Å². The van der Waals surface area contributed by atoms with Gasteiger partial charge in [0.2, 0.25) is 5.91 Å². The number of carbonyl (C=O) groups is 2. The highest BCUT2D eigenvalue weighted by atomic mass is 16.2. The monoisotopic (exact) mass is 448 g/mol. The molecule has 0 bridgehead atoms. The first-order valence-corrected chi connectivity index (χ1v) is 11.2. The fourth-order valence-electron chi connectivity index (χ4n) is 4.47. The third-order valence-corrected chi connectivity index (χ3v) is 6.36. The van der Waals surface area contributed by atoms with Gasteiger partial charge < -0.3 is 16.0 Å². The molecule has 3 aromatic rings. The van der Waals surface area contributed by atoms with E-state index in [1.165, 1.54) is 6.20 Å². The number of aryl methyl sites for hydroxylation is 1. The highest BCUT2D eigenvalue weighted by Crippen LogP contribution is 2.31. The highest BCUT2D eigenvalue weighted by Gasteiger charge is 2.31. The molecule has 4 rings (SSSR count). The first-order chi connectivity index (χ1) is 15.9. The summed E-state index contributed by atoms with van der Waals surface area (Å²) in [6.07, 6.45) is 8.63. The number of likely N-dealkylation sites (tertiary alicyclic amines) is 1. The molecule has 172 valence electrons. The average Bonchev–Trinajstić information content (AvgIpc) is 3.46. The van der Waals surface area contributed by atoms with E-state index in [2.05, 4.69) is 22.4 Å². The van der Waals surface area contributed by atoms with Crippen molar-refractivity contribution in [1.82, 2.24) is 24.3 Å². The van der Waals surface area contributed by atoms with Gasteiger partial charge in [-0.3, -0.25) is 14.3 Å². The molecule has 1 aliphatic heterocycles. The lowest BCUT2D eigenvalue weighted by Crippen LogP contribution is -2.48.